The van der Waals surface area contributed by atoms with E-state index in [0.717, 1.165) is 30.2 Å². The molecule has 1 N–H and O–H groups in total. The minimum Gasteiger partial charge on any atom is -0.495 e. The highest BCUT2D eigenvalue weighted by atomic mass is 32.1. The second kappa shape index (κ2) is 5.46. The number of nitrogens with zero attached hydrogens (tertiary/aromatic N) is 2. The highest BCUT2D eigenvalue weighted by Crippen LogP contribution is 2.11. The standard InChI is InChI=1S/C11H13N3OS/c1-15-10-2-3-11(13-6-10)12-5-4-9-7-16-8-14-9/h2-3,6-8H,4-5H2,1H3,(H,12,13). The lowest BCUT2D eigenvalue weighted by Gasteiger charge is -2.04. The number of nitrogens with one attached hydrogen (secondary N) is 1. The van der Waals surface area contributed by atoms with Crippen LogP contribution < -0.4 is 10.1 Å². The van der Waals surface area contributed by atoms with Crippen LogP contribution in [0, 0.1) is 0 Å². The maximum absolute atomic E-state index is 5.03. The van der Waals surface area contributed by atoms with Crippen molar-refractivity contribution in [3.8, 4) is 5.75 Å². The zero-order chi connectivity index (χ0) is 11.2. The van der Waals surface area contributed by atoms with Gasteiger partial charge in [0.2, 0.25) is 0 Å². The number of thiazole rings is 1. The third-order valence-corrected chi connectivity index (χ3v) is 2.78. The van der Waals surface area contributed by atoms with Gasteiger partial charge in [-0.1, -0.05) is 0 Å². The molecule has 0 aromatic carbocycles. The van der Waals surface area contributed by atoms with E-state index >= 15 is 0 Å². The van der Waals surface area contributed by atoms with Gasteiger partial charge in [-0.05, 0) is 12.1 Å². The minimum absolute atomic E-state index is 0.769. The summed E-state index contributed by atoms with van der Waals surface area (Å²) >= 11 is 1.62. The number of methoxy groups -OCH3 is 1. The predicted molar refractivity (Wildman–Crippen MR) is 65.1 cm³/mol. The van der Waals surface area contributed by atoms with Crippen LogP contribution in [-0.4, -0.2) is 23.6 Å². The van der Waals surface area contributed by atoms with Crippen LogP contribution in [0.4, 0.5) is 5.82 Å². The van der Waals surface area contributed by atoms with Crippen molar-refractivity contribution in [1.29, 1.82) is 0 Å². The van der Waals surface area contributed by atoms with E-state index in [9.17, 15) is 0 Å². The van der Waals surface area contributed by atoms with E-state index in [1.165, 1.54) is 0 Å². The number of hydrogen-bond donors (Lipinski definition) is 1. The van der Waals surface area contributed by atoms with Crippen molar-refractivity contribution in [2.24, 2.45) is 0 Å². The fourth-order valence-corrected chi connectivity index (χ4v) is 1.88. The molecule has 0 saturated heterocycles. The predicted octanol–water partition coefficient (Wildman–Crippen LogP) is 2.20. The first-order chi connectivity index (χ1) is 7.88. The molecule has 2 rings (SSSR count). The third kappa shape index (κ3) is 2.93. The van der Waals surface area contributed by atoms with Gasteiger partial charge in [-0.2, -0.15) is 0 Å². The molecule has 0 aliphatic rings. The second-order valence-corrected chi connectivity index (χ2v) is 3.96. The molecule has 4 nitrogen and oxygen atoms in total. The largest absolute Gasteiger partial charge is 0.495 e. The summed E-state index contributed by atoms with van der Waals surface area (Å²) in [5, 5.41) is 5.29. The number of aromatic nitrogens is 2. The zero-order valence-electron chi connectivity index (χ0n) is 9.01. The van der Waals surface area contributed by atoms with Crippen LogP contribution in [0.5, 0.6) is 5.75 Å². The Morgan fingerprint density at radius 2 is 2.31 bits per heavy atom. The summed E-state index contributed by atoms with van der Waals surface area (Å²) in [6.45, 7) is 0.836. The molecule has 2 aromatic heterocycles. The molecule has 2 heterocycles. The highest BCUT2D eigenvalue weighted by Gasteiger charge is 1.97. The van der Waals surface area contributed by atoms with E-state index in [4.69, 9.17) is 4.74 Å². The molecule has 0 amide bonds. The molecule has 0 saturated carbocycles. The number of rotatable bonds is 5. The van der Waals surface area contributed by atoms with Crippen molar-refractivity contribution in [1.82, 2.24) is 9.97 Å². The van der Waals surface area contributed by atoms with Gasteiger partial charge in [0.1, 0.15) is 11.6 Å². The Labute approximate surface area is 98.3 Å². The van der Waals surface area contributed by atoms with Crippen LogP contribution in [0.15, 0.2) is 29.2 Å². The Morgan fingerprint density at radius 1 is 1.38 bits per heavy atom. The summed E-state index contributed by atoms with van der Waals surface area (Å²) in [5.41, 5.74) is 2.96. The second-order valence-electron chi connectivity index (χ2n) is 3.24. The van der Waals surface area contributed by atoms with Crippen molar-refractivity contribution >= 4 is 17.2 Å². The van der Waals surface area contributed by atoms with Gasteiger partial charge in [-0.25, -0.2) is 9.97 Å². The first-order valence-electron chi connectivity index (χ1n) is 4.99. The van der Waals surface area contributed by atoms with Crippen LogP contribution >= 0.6 is 11.3 Å². The molecule has 0 fully saturated rings. The molecule has 0 aliphatic carbocycles. The normalized spacial score (nSPS) is 10.1. The Balaban J connectivity index is 1.81. The summed E-state index contributed by atoms with van der Waals surface area (Å²) in [4.78, 5) is 8.43. The topological polar surface area (TPSA) is 47.0 Å². The van der Waals surface area contributed by atoms with Gasteiger partial charge >= 0.3 is 0 Å². The third-order valence-electron chi connectivity index (χ3n) is 2.14. The fraction of sp³-hybridized carbons (Fsp3) is 0.273. The minimum atomic E-state index is 0.769. The molecule has 0 aliphatic heterocycles. The van der Waals surface area contributed by atoms with Gasteiger partial charge in [0.05, 0.1) is 24.5 Å². The molecular weight excluding hydrogens is 222 g/mol. The summed E-state index contributed by atoms with van der Waals surface area (Å²) in [6, 6.07) is 3.79. The zero-order valence-corrected chi connectivity index (χ0v) is 9.83. The average molecular weight is 235 g/mol. The van der Waals surface area contributed by atoms with Crippen molar-refractivity contribution in [3.63, 3.8) is 0 Å². The molecule has 0 radical (unpaired) electrons. The lowest BCUT2D eigenvalue weighted by Crippen LogP contribution is -2.06. The summed E-state index contributed by atoms with van der Waals surface area (Å²) in [7, 11) is 1.63. The van der Waals surface area contributed by atoms with Gasteiger partial charge in [0, 0.05) is 18.3 Å². The Bertz CT molecular complexity index is 413. The fourth-order valence-electron chi connectivity index (χ4n) is 1.29. The first-order valence-corrected chi connectivity index (χ1v) is 5.94. The summed E-state index contributed by atoms with van der Waals surface area (Å²) in [6.07, 6.45) is 2.61. The summed E-state index contributed by atoms with van der Waals surface area (Å²) in [5.74, 6) is 1.63. The van der Waals surface area contributed by atoms with Crippen LogP contribution in [-0.2, 0) is 6.42 Å². The molecule has 2 aromatic rings. The highest BCUT2D eigenvalue weighted by molar-refractivity contribution is 7.07. The van der Waals surface area contributed by atoms with E-state index < -0.39 is 0 Å². The monoisotopic (exact) mass is 235 g/mol. The van der Waals surface area contributed by atoms with Crippen molar-refractivity contribution in [3.05, 3.63) is 34.9 Å². The van der Waals surface area contributed by atoms with Gasteiger partial charge < -0.3 is 10.1 Å². The number of ether oxygens (including phenoxy) is 1. The lowest BCUT2D eigenvalue weighted by atomic mass is 10.3. The first kappa shape index (κ1) is 10.9. The van der Waals surface area contributed by atoms with Crippen LogP contribution in [0.25, 0.3) is 0 Å². The van der Waals surface area contributed by atoms with E-state index in [1.807, 2.05) is 17.6 Å². The molecule has 0 spiro atoms. The molecule has 16 heavy (non-hydrogen) atoms. The average Bonchev–Trinajstić information content (AvgIpc) is 2.83. The SMILES string of the molecule is COc1ccc(NCCc2cscn2)nc1. The van der Waals surface area contributed by atoms with Gasteiger partial charge in [0.25, 0.3) is 0 Å². The van der Waals surface area contributed by atoms with Crippen molar-refractivity contribution in [2.45, 2.75) is 6.42 Å². The Kier molecular flexibility index (Phi) is 3.71. The number of hydrogen-bond acceptors (Lipinski definition) is 5. The van der Waals surface area contributed by atoms with E-state index in [2.05, 4.69) is 20.7 Å². The summed E-state index contributed by atoms with van der Waals surface area (Å²) < 4.78 is 5.03. The number of pyridine rings is 1. The van der Waals surface area contributed by atoms with Crippen LogP contribution in [0.2, 0.25) is 0 Å². The van der Waals surface area contributed by atoms with Crippen LogP contribution in [0.1, 0.15) is 5.69 Å². The van der Waals surface area contributed by atoms with Gasteiger partial charge in [-0.15, -0.1) is 11.3 Å². The van der Waals surface area contributed by atoms with Crippen molar-refractivity contribution in [2.75, 3.05) is 19.0 Å². The maximum Gasteiger partial charge on any atom is 0.137 e. The molecule has 0 bridgehead atoms. The lowest BCUT2D eigenvalue weighted by molar-refractivity contribution is 0.413. The van der Waals surface area contributed by atoms with E-state index in [1.54, 1.807) is 24.6 Å². The molecule has 0 atom stereocenters. The number of anilines is 1. The van der Waals surface area contributed by atoms with E-state index in [-0.39, 0.29) is 0 Å². The van der Waals surface area contributed by atoms with Gasteiger partial charge in [-0.3, -0.25) is 0 Å². The quantitative estimate of drug-likeness (QED) is 0.863. The Morgan fingerprint density at radius 3 is 2.94 bits per heavy atom. The molecular formula is C11H13N3OS. The van der Waals surface area contributed by atoms with Crippen LogP contribution in [0.3, 0.4) is 0 Å². The molecule has 84 valence electrons. The maximum atomic E-state index is 5.03. The molecule has 0 unspecified atom stereocenters. The smallest absolute Gasteiger partial charge is 0.137 e. The van der Waals surface area contributed by atoms with Gasteiger partial charge in [0.15, 0.2) is 0 Å². The van der Waals surface area contributed by atoms with Crippen molar-refractivity contribution < 1.29 is 4.74 Å². The Hall–Kier alpha value is -1.62. The van der Waals surface area contributed by atoms with E-state index in [0.29, 0.717) is 0 Å². The molecule has 5 heteroatoms.